The summed E-state index contributed by atoms with van der Waals surface area (Å²) in [6, 6.07) is 7.74. The Kier molecular flexibility index (Phi) is 5.42. The summed E-state index contributed by atoms with van der Waals surface area (Å²) in [5.41, 5.74) is 3.29. The monoisotopic (exact) mass is 361 g/mol. The van der Waals surface area contributed by atoms with Crippen LogP contribution in [0.1, 0.15) is 15.9 Å². The van der Waals surface area contributed by atoms with Crippen LogP contribution >= 0.6 is 46.4 Å². The fraction of sp³-hybridized carbons (Fsp3) is 0. The zero-order chi connectivity index (χ0) is 15.4. The van der Waals surface area contributed by atoms with E-state index in [1.54, 1.807) is 18.2 Å². The highest BCUT2D eigenvalue weighted by molar-refractivity contribution is 6.42. The van der Waals surface area contributed by atoms with E-state index in [4.69, 9.17) is 46.4 Å². The Bertz CT molecular complexity index is 698. The first kappa shape index (κ1) is 16.0. The van der Waals surface area contributed by atoms with Crippen LogP contribution in [0, 0.1) is 0 Å². The fourth-order valence-electron chi connectivity index (χ4n) is 1.42. The van der Waals surface area contributed by atoms with Crippen LogP contribution in [0.25, 0.3) is 0 Å². The molecule has 8 heteroatoms. The number of hydrogen-bond donors (Lipinski definition) is 1. The van der Waals surface area contributed by atoms with Crippen LogP contribution in [-0.2, 0) is 0 Å². The van der Waals surface area contributed by atoms with Gasteiger partial charge in [0.2, 0.25) is 0 Å². The first-order valence-corrected chi connectivity index (χ1v) is 7.08. The number of benzene rings is 1. The maximum absolute atomic E-state index is 11.8. The molecule has 0 saturated carbocycles. The van der Waals surface area contributed by atoms with Gasteiger partial charge in [0.1, 0.15) is 10.3 Å². The number of nitrogens with zero attached hydrogens (tertiary/aromatic N) is 2. The molecule has 1 amide bonds. The highest BCUT2D eigenvalue weighted by atomic mass is 35.5. The summed E-state index contributed by atoms with van der Waals surface area (Å²) >= 11 is 23.1. The van der Waals surface area contributed by atoms with Crippen LogP contribution in [0.4, 0.5) is 0 Å². The molecule has 0 saturated heterocycles. The predicted octanol–water partition coefficient (Wildman–Crippen LogP) is 4.46. The van der Waals surface area contributed by atoms with E-state index >= 15 is 0 Å². The molecule has 1 N–H and O–H groups in total. The van der Waals surface area contributed by atoms with E-state index in [2.05, 4.69) is 15.5 Å². The van der Waals surface area contributed by atoms with Crippen molar-refractivity contribution in [2.24, 2.45) is 5.10 Å². The van der Waals surface area contributed by atoms with E-state index in [1.165, 1.54) is 18.3 Å². The van der Waals surface area contributed by atoms with Crippen molar-refractivity contribution in [2.75, 3.05) is 0 Å². The van der Waals surface area contributed by atoms with Crippen molar-refractivity contribution in [1.29, 1.82) is 0 Å². The number of halogens is 4. The number of carbonyl (C=O) groups excluding carboxylic acids is 1. The largest absolute Gasteiger partial charge is 0.271 e. The van der Waals surface area contributed by atoms with Gasteiger partial charge in [-0.2, -0.15) is 5.10 Å². The summed E-state index contributed by atoms with van der Waals surface area (Å²) in [6.07, 6.45) is 1.44. The van der Waals surface area contributed by atoms with Crippen LogP contribution in [0.2, 0.25) is 20.4 Å². The number of amides is 1. The molecule has 0 aliphatic carbocycles. The second kappa shape index (κ2) is 7.09. The summed E-state index contributed by atoms with van der Waals surface area (Å²) in [4.78, 5) is 15.6. The average Bonchev–Trinajstić information content (AvgIpc) is 2.41. The highest BCUT2D eigenvalue weighted by Crippen LogP contribution is 2.21. The maximum Gasteiger partial charge on any atom is 0.271 e. The molecule has 0 bridgehead atoms. The standard InChI is InChI=1S/C13H7Cl4N3O/c14-9-2-1-7(3-10(9)15)6-18-20-13(21)8-4-11(16)19-12(17)5-8/h1-6H,(H,20,21)/b18-6+. The molecule has 21 heavy (non-hydrogen) atoms. The molecule has 1 aromatic carbocycles. The number of pyridine rings is 1. The van der Waals surface area contributed by atoms with Gasteiger partial charge >= 0.3 is 0 Å². The maximum atomic E-state index is 11.8. The van der Waals surface area contributed by atoms with Crippen LogP contribution in [0.3, 0.4) is 0 Å². The Morgan fingerprint density at radius 3 is 2.33 bits per heavy atom. The van der Waals surface area contributed by atoms with Crippen LogP contribution < -0.4 is 5.43 Å². The number of hydrogen-bond acceptors (Lipinski definition) is 3. The summed E-state index contributed by atoms with van der Waals surface area (Å²) in [5, 5.41) is 4.91. The molecule has 0 unspecified atom stereocenters. The summed E-state index contributed by atoms with van der Waals surface area (Å²) in [6.45, 7) is 0. The van der Waals surface area contributed by atoms with E-state index in [0.717, 1.165) is 0 Å². The molecule has 0 spiro atoms. The lowest BCUT2D eigenvalue weighted by molar-refractivity contribution is 0.0955. The molecule has 108 valence electrons. The summed E-state index contributed by atoms with van der Waals surface area (Å²) in [7, 11) is 0. The van der Waals surface area contributed by atoms with Gasteiger partial charge in [0.05, 0.1) is 16.3 Å². The number of aromatic nitrogens is 1. The molecule has 0 atom stereocenters. The molecular formula is C13H7Cl4N3O. The molecule has 0 aliphatic heterocycles. The quantitative estimate of drug-likeness (QED) is 0.498. The Labute approximate surface area is 140 Å². The van der Waals surface area contributed by atoms with Crippen molar-refractivity contribution < 1.29 is 4.79 Å². The molecule has 0 fully saturated rings. The zero-order valence-corrected chi connectivity index (χ0v) is 13.3. The lowest BCUT2D eigenvalue weighted by atomic mass is 10.2. The first-order chi connectivity index (χ1) is 9.95. The molecule has 1 heterocycles. The van der Waals surface area contributed by atoms with Gasteiger partial charge in [-0.05, 0) is 29.8 Å². The molecule has 2 rings (SSSR count). The lowest BCUT2D eigenvalue weighted by Gasteiger charge is -2.01. The van der Waals surface area contributed by atoms with Gasteiger partial charge in [0.25, 0.3) is 5.91 Å². The summed E-state index contributed by atoms with van der Waals surface area (Å²) in [5.74, 6) is -0.461. The SMILES string of the molecule is O=C(N/N=C/c1ccc(Cl)c(Cl)c1)c1cc(Cl)nc(Cl)c1. The van der Waals surface area contributed by atoms with Crippen LogP contribution in [0.15, 0.2) is 35.4 Å². The van der Waals surface area contributed by atoms with Crippen LogP contribution in [0.5, 0.6) is 0 Å². The van der Waals surface area contributed by atoms with Gasteiger partial charge in [0, 0.05) is 5.56 Å². The van der Waals surface area contributed by atoms with Gasteiger partial charge in [-0.25, -0.2) is 10.4 Å². The zero-order valence-electron chi connectivity index (χ0n) is 10.3. The molecule has 4 nitrogen and oxygen atoms in total. The first-order valence-electron chi connectivity index (χ1n) is 5.57. The molecule has 0 aliphatic rings. The smallest absolute Gasteiger partial charge is 0.267 e. The minimum Gasteiger partial charge on any atom is -0.267 e. The van der Waals surface area contributed by atoms with Gasteiger partial charge in [-0.3, -0.25) is 4.79 Å². The van der Waals surface area contributed by atoms with Crippen molar-refractivity contribution >= 4 is 58.5 Å². The predicted molar refractivity (Wildman–Crippen MR) is 85.8 cm³/mol. The van der Waals surface area contributed by atoms with Gasteiger partial charge in [-0.15, -0.1) is 0 Å². The lowest BCUT2D eigenvalue weighted by Crippen LogP contribution is -2.17. The third kappa shape index (κ3) is 4.58. The normalized spacial score (nSPS) is 10.9. The van der Waals surface area contributed by atoms with Crippen molar-refractivity contribution in [1.82, 2.24) is 10.4 Å². The minimum absolute atomic E-state index is 0.126. The Balaban J connectivity index is 2.06. The van der Waals surface area contributed by atoms with Gasteiger partial charge < -0.3 is 0 Å². The van der Waals surface area contributed by atoms with E-state index in [1.807, 2.05) is 0 Å². The number of carbonyl (C=O) groups is 1. The van der Waals surface area contributed by atoms with E-state index in [0.29, 0.717) is 15.6 Å². The van der Waals surface area contributed by atoms with Crippen molar-refractivity contribution in [3.8, 4) is 0 Å². The third-order valence-electron chi connectivity index (χ3n) is 2.35. The second-order valence-electron chi connectivity index (χ2n) is 3.87. The summed E-state index contributed by atoms with van der Waals surface area (Å²) < 4.78 is 0. The molecular weight excluding hydrogens is 356 g/mol. The average molecular weight is 363 g/mol. The van der Waals surface area contributed by atoms with E-state index in [9.17, 15) is 4.79 Å². The highest BCUT2D eigenvalue weighted by Gasteiger charge is 2.07. The van der Waals surface area contributed by atoms with E-state index < -0.39 is 5.91 Å². The Morgan fingerprint density at radius 2 is 1.71 bits per heavy atom. The van der Waals surface area contributed by atoms with Crippen molar-refractivity contribution in [2.45, 2.75) is 0 Å². The second-order valence-corrected chi connectivity index (χ2v) is 5.46. The number of rotatable bonds is 3. The minimum atomic E-state index is -0.461. The molecule has 2 aromatic rings. The molecule has 0 radical (unpaired) electrons. The van der Waals surface area contributed by atoms with Gasteiger partial charge in [-0.1, -0.05) is 52.5 Å². The topological polar surface area (TPSA) is 54.4 Å². The Morgan fingerprint density at radius 1 is 1.05 bits per heavy atom. The van der Waals surface area contributed by atoms with Gasteiger partial charge in [0.15, 0.2) is 0 Å². The van der Waals surface area contributed by atoms with E-state index in [-0.39, 0.29) is 15.9 Å². The van der Waals surface area contributed by atoms with Crippen molar-refractivity contribution in [3.05, 3.63) is 61.8 Å². The number of hydrazone groups is 1. The van der Waals surface area contributed by atoms with Crippen LogP contribution in [-0.4, -0.2) is 17.1 Å². The molecule has 1 aromatic heterocycles. The Hall–Kier alpha value is -1.33. The van der Waals surface area contributed by atoms with Crippen molar-refractivity contribution in [3.63, 3.8) is 0 Å². The fourth-order valence-corrected chi connectivity index (χ4v) is 2.19. The number of nitrogens with one attached hydrogen (secondary N) is 1. The third-order valence-corrected chi connectivity index (χ3v) is 3.47.